The molecule has 0 atom stereocenters. The first-order valence-electron chi connectivity index (χ1n) is 12.8. The standard InChI is InChI=1S/C26H37N5O2S2/c1-5-8-9-10-12-31-25(33)22(35-26(31)34)17-20-19(4)21(18-27)24(32)30(11-6-2)23(20)29-15-13-28(7-3)14-16-29/h17H,5-16H2,1-4H3/b22-17-. The van der Waals surface area contributed by atoms with Gasteiger partial charge in [-0.15, -0.1) is 0 Å². The van der Waals surface area contributed by atoms with E-state index in [-0.39, 0.29) is 17.0 Å². The minimum Gasteiger partial charge on any atom is -0.355 e. The van der Waals surface area contributed by atoms with Crippen molar-refractivity contribution in [2.24, 2.45) is 0 Å². The average molecular weight is 516 g/mol. The molecule has 2 saturated heterocycles. The zero-order valence-corrected chi connectivity index (χ0v) is 23.1. The molecule has 3 heterocycles. The molecule has 0 bridgehead atoms. The van der Waals surface area contributed by atoms with Gasteiger partial charge in [0.25, 0.3) is 11.5 Å². The third kappa shape index (κ3) is 5.99. The summed E-state index contributed by atoms with van der Waals surface area (Å²) >= 11 is 6.86. The highest BCUT2D eigenvalue weighted by Gasteiger charge is 2.33. The number of nitriles is 1. The fraction of sp³-hybridized carbons (Fsp3) is 0.615. The largest absolute Gasteiger partial charge is 0.355 e. The zero-order valence-electron chi connectivity index (χ0n) is 21.4. The first-order valence-corrected chi connectivity index (χ1v) is 14.0. The van der Waals surface area contributed by atoms with Gasteiger partial charge in [-0.2, -0.15) is 5.26 Å². The number of carbonyl (C=O) groups is 1. The molecule has 35 heavy (non-hydrogen) atoms. The van der Waals surface area contributed by atoms with Crippen molar-refractivity contribution in [1.29, 1.82) is 5.26 Å². The van der Waals surface area contributed by atoms with Gasteiger partial charge in [0.2, 0.25) is 0 Å². The molecular weight excluding hydrogens is 478 g/mol. The quantitative estimate of drug-likeness (QED) is 0.260. The summed E-state index contributed by atoms with van der Waals surface area (Å²) in [6, 6.07) is 2.13. The molecular formula is C26H37N5O2S2. The third-order valence-electron chi connectivity index (χ3n) is 6.80. The third-order valence-corrected chi connectivity index (χ3v) is 8.17. The number of aromatic nitrogens is 1. The Morgan fingerprint density at radius 1 is 1.03 bits per heavy atom. The van der Waals surface area contributed by atoms with Crippen LogP contribution in [0.1, 0.15) is 69.6 Å². The predicted octanol–water partition coefficient (Wildman–Crippen LogP) is 4.36. The maximum Gasteiger partial charge on any atom is 0.270 e. The molecule has 3 rings (SSSR count). The summed E-state index contributed by atoms with van der Waals surface area (Å²) in [6.07, 6.45) is 6.94. The van der Waals surface area contributed by atoms with E-state index in [1.54, 1.807) is 9.47 Å². The summed E-state index contributed by atoms with van der Waals surface area (Å²) < 4.78 is 2.32. The van der Waals surface area contributed by atoms with Crippen molar-refractivity contribution in [3.63, 3.8) is 0 Å². The Balaban J connectivity index is 2.07. The van der Waals surface area contributed by atoms with Gasteiger partial charge in [0.15, 0.2) is 0 Å². The fourth-order valence-corrected chi connectivity index (χ4v) is 6.00. The van der Waals surface area contributed by atoms with Crippen LogP contribution < -0.4 is 10.5 Å². The topological polar surface area (TPSA) is 72.6 Å². The number of unbranched alkanes of at least 4 members (excludes halogenated alkanes) is 3. The van der Waals surface area contributed by atoms with Crippen LogP contribution in [0.25, 0.3) is 6.08 Å². The Hall–Kier alpha value is -2.15. The van der Waals surface area contributed by atoms with Crippen molar-refractivity contribution >= 4 is 46.1 Å². The van der Waals surface area contributed by atoms with Gasteiger partial charge in [0, 0.05) is 44.8 Å². The minimum atomic E-state index is -0.250. The number of piperazine rings is 1. The first kappa shape index (κ1) is 27.4. The van der Waals surface area contributed by atoms with Crippen LogP contribution >= 0.6 is 24.0 Å². The number of amides is 1. The molecule has 190 valence electrons. The van der Waals surface area contributed by atoms with Gasteiger partial charge < -0.3 is 9.80 Å². The molecule has 1 aromatic rings. The van der Waals surface area contributed by atoms with Gasteiger partial charge in [-0.25, -0.2) is 0 Å². The molecule has 7 nitrogen and oxygen atoms in total. The maximum absolute atomic E-state index is 13.3. The molecule has 9 heteroatoms. The number of likely N-dealkylation sites (N-methyl/N-ethyl adjacent to an activating group) is 1. The second-order valence-corrected chi connectivity index (χ2v) is 10.8. The predicted molar refractivity (Wildman–Crippen MR) is 149 cm³/mol. The van der Waals surface area contributed by atoms with E-state index < -0.39 is 0 Å². The van der Waals surface area contributed by atoms with Gasteiger partial charge in [-0.05, 0) is 37.9 Å². The van der Waals surface area contributed by atoms with Crippen LogP contribution in [0.3, 0.4) is 0 Å². The van der Waals surface area contributed by atoms with Crippen LogP contribution in [-0.4, -0.2) is 63.9 Å². The lowest BCUT2D eigenvalue weighted by molar-refractivity contribution is -0.122. The number of hydrogen-bond acceptors (Lipinski definition) is 7. The summed E-state index contributed by atoms with van der Waals surface area (Å²) in [5.41, 5.74) is 1.31. The molecule has 0 saturated carbocycles. The molecule has 1 aromatic heterocycles. The van der Waals surface area contributed by atoms with E-state index in [2.05, 4.69) is 29.7 Å². The van der Waals surface area contributed by atoms with Crippen LogP contribution in [0.5, 0.6) is 0 Å². The van der Waals surface area contributed by atoms with E-state index in [1.807, 2.05) is 19.9 Å². The summed E-state index contributed by atoms with van der Waals surface area (Å²) in [4.78, 5) is 33.5. The van der Waals surface area contributed by atoms with Crippen molar-refractivity contribution in [1.82, 2.24) is 14.4 Å². The van der Waals surface area contributed by atoms with E-state index in [0.29, 0.717) is 27.9 Å². The molecule has 0 spiro atoms. The fourth-order valence-electron chi connectivity index (χ4n) is 4.71. The van der Waals surface area contributed by atoms with E-state index in [1.165, 1.54) is 11.8 Å². The summed E-state index contributed by atoms with van der Waals surface area (Å²) in [5, 5.41) is 9.82. The Labute approximate surface area is 218 Å². The average Bonchev–Trinajstić information content (AvgIpc) is 3.12. The highest BCUT2D eigenvalue weighted by molar-refractivity contribution is 8.26. The molecule has 2 aliphatic heterocycles. The van der Waals surface area contributed by atoms with Crippen molar-refractivity contribution in [2.75, 3.05) is 44.2 Å². The summed E-state index contributed by atoms with van der Waals surface area (Å²) in [7, 11) is 0. The minimum absolute atomic E-state index is 0.0793. The molecule has 0 aromatic carbocycles. The second kappa shape index (κ2) is 12.7. The highest BCUT2D eigenvalue weighted by Crippen LogP contribution is 2.36. The second-order valence-electron chi connectivity index (χ2n) is 9.12. The van der Waals surface area contributed by atoms with Crippen LogP contribution in [0.4, 0.5) is 5.82 Å². The molecule has 1 amide bonds. The van der Waals surface area contributed by atoms with E-state index in [9.17, 15) is 14.9 Å². The number of thiocarbonyl (C=S) groups is 1. The Bertz CT molecular complexity index is 1080. The molecule has 0 unspecified atom stereocenters. The Kier molecular flexibility index (Phi) is 9.96. The monoisotopic (exact) mass is 515 g/mol. The van der Waals surface area contributed by atoms with Crippen LogP contribution in [-0.2, 0) is 11.3 Å². The molecule has 0 radical (unpaired) electrons. The molecule has 0 aliphatic carbocycles. The first-order chi connectivity index (χ1) is 16.9. The van der Waals surface area contributed by atoms with Crippen LogP contribution in [0.2, 0.25) is 0 Å². The molecule has 0 N–H and O–H groups in total. The van der Waals surface area contributed by atoms with Crippen LogP contribution in [0.15, 0.2) is 9.70 Å². The highest BCUT2D eigenvalue weighted by atomic mass is 32.2. The number of nitrogens with zero attached hydrogens (tertiary/aromatic N) is 5. The number of anilines is 1. The number of carbonyl (C=O) groups excluding carboxylic acids is 1. The number of hydrogen-bond donors (Lipinski definition) is 0. The van der Waals surface area contributed by atoms with Crippen molar-refractivity contribution in [3.8, 4) is 6.07 Å². The summed E-state index contributed by atoms with van der Waals surface area (Å²) in [5.74, 6) is 0.738. The molecule has 2 fully saturated rings. The van der Waals surface area contributed by atoms with Crippen LogP contribution in [0, 0.1) is 18.3 Å². The molecule has 2 aliphatic rings. The Morgan fingerprint density at radius 3 is 2.34 bits per heavy atom. The number of thioether (sulfide) groups is 1. The van der Waals surface area contributed by atoms with E-state index >= 15 is 0 Å². The lowest BCUT2D eigenvalue weighted by atomic mass is 10.0. The lowest BCUT2D eigenvalue weighted by Crippen LogP contribution is -2.48. The normalized spacial score (nSPS) is 18.1. The van der Waals surface area contributed by atoms with Gasteiger partial charge in [-0.3, -0.25) is 19.1 Å². The SMILES string of the molecule is CCCCCCN1C(=O)/C(=C/c2c(C)c(C#N)c(=O)n(CCC)c2N2CCN(CC)CC2)SC1=S. The maximum atomic E-state index is 13.3. The van der Waals surface area contributed by atoms with Crippen molar-refractivity contribution in [3.05, 3.63) is 31.9 Å². The number of pyridine rings is 1. The number of rotatable bonds is 10. The smallest absolute Gasteiger partial charge is 0.270 e. The zero-order chi connectivity index (χ0) is 25.5. The van der Waals surface area contributed by atoms with Crippen molar-refractivity contribution in [2.45, 2.75) is 66.3 Å². The van der Waals surface area contributed by atoms with Gasteiger partial charge in [0.05, 0.1) is 4.91 Å². The lowest BCUT2D eigenvalue weighted by Gasteiger charge is -2.37. The van der Waals surface area contributed by atoms with E-state index in [4.69, 9.17) is 12.2 Å². The Morgan fingerprint density at radius 2 is 1.74 bits per heavy atom. The van der Waals surface area contributed by atoms with Gasteiger partial charge in [0.1, 0.15) is 21.8 Å². The van der Waals surface area contributed by atoms with Crippen molar-refractivity contribution < 1.29 is 4.79 Å². The van der Waals surface area contributed by atoms with E-state index in [0.717, 1.165) is 76.2 Å². The summed E-state index contributed by atoms with van der Waals surface area (Å²) in [6.45, 7) is 13.7. The van der Waals surface area contributed by atoms with Gasteiger partial charge >= 0.3 is 0 Å². The van der Waals surface area contributed by atoms with Gasteiger partial charge in [-0.1, -0.05) is 64.0 Å².